The topological polar surface area (TPSA) is 110 Å². The summed E-state index contributed by atoms with van der Waals surface area (Å²) in [7, 11) is -3.14. The molecule has 0 spiro atoms. The van der Waals surface area contributed by atoms with Crippen molar-refractivity contribution in [3.05, 3.63) is 36.0 Å². The van der Waals surface area contributed by atoms with E-state index in [1.54, 1.807) is 6.92 Å². The van der Waals surface area contributed by atoms with Crippen LogP contribution in [0, 0.1) is 11.6 Å². The summed E-state index contributed by atoms with van der Waals surface area (Å²) >= 11 is 0. The van der Waals surface area contributed by atoms with Gasteiger partial charge in [-0.15, -0.1) is 0 Å². The summed E-state index contributed by atoms with van der Waals surface area (Å²) in [6, 6.07) is 2.35. The van der Waals surface area contributed by atoms with Gasteiger partial charge >= 0.3 is 6.01 Å². The smallest absolute Gasteiger partial charge is 0.324 e. The van der Waals surface area contributed by atoms with Crippen LogP contribution in [-0.4, -0.2) is 46.6 Å². The van der Waals surface area contributed by atoms with E-state index in [-0.39, 0.29) is 23.6 Å². The van der Waals surface area contributed by atoms with Crippen molar-refractivity contribution in [3.63, 3.8) is 0 Å². The average molecular weight is 383 g/mol. The molecular weight excluding hydrogens is 368 g/mol. The van der Waals surface area contributed by atoms with Crippen molar-refractivity contribution in [2.24, 2.45) is 0 Å². The number of hydrogen-bond acceptors (Lipinski definition) is 7. The zero-order valence-electron chi connectivity index (χ0n) is 13.8. The summed E-state index contributed by atoms with van der Waals surface area (Å²) in [4.78, 5) is 8.03. The Kier molecular flexibility index (Phi) is 4.72. The van der Waals surface area contributed by atoms with Crippen LogP contribution in [-0.2, 0) is 9.84 Å². The number of anilines is 1. The molecule has 0 saturated carbocycles. The fourth-order valence-electron chi connectivity index (χ4n) is 2.34. The van der Waals surface area contributed by atoms with E-state index in [1.807, 2.05) is 0 Å². The van der Waals surface area contributed by atoms with Gasteiger partial charge in [0.05, 0.1) is 11.1 Å². The second kappa shape index (κ2) is 6.83. The molecule has 138 valence electrons. The van der Waals surface area contributed by atoms with E-state index in [2.05, 4.69) is 25.5 Å². The minimum atomic E-state index is -3.14. The predicted molar refractivity (Wildman–Crippen MR) is 90.9 cm³/mol. The molecule has 0 aliphatic carbocycles. The highest BCUT2D eigenvalue weighted by atomic mass is 32.2. The highest BCUT2D eigenvalue weighted by Crippen LogP contribution is 2.25. The molecular formula is C15H15F2N5O3S. The summed E-state index contributed by atoms with van der Waals surface area (Å²) in [6.07, 6.45) is 2.55. The first-order valence-electron chi connectivity index (χ1n) is 7.49. The lowest BCUT2D eigenvalue weighted by Crippen LogP contribution is -2.25. The van der Waals surface area contributed by atoms with E-state index in [4.69, 9.17) is 4.74 Å². The number of nitrogens with zero attached hydrogens (tertiary/aromatic N) is 3. The van der Waals surface area contributed by atoms with Gasteiger partial charge in [0.25, 0.3) is 0 Å². The Hall–Kier alpha value is -2.82. The van der Waals surface area contributed by atoms with Gasteiger partial charge in [-0.3, -0.25) is 5.10 Å². The maximum Gasteiger partial charge on any atom is 0.324 e. The predicted octanol–water partition coefficient (Wildman–Crippen LogP) is 2.27. The first-order chi connectivity index (χ1) is 12.2. The zero-order chi connectivity index (χ0) is 18.9. The molecule has 0 bridgehead atoms. The van der Waals surface area contributed by atoms with Gasteiger partial charge in [0, 0.05) is 24.6 Å². The molecule has 0 radical (unpaired) electrons. The number of nitrogens with one attached hydrogen (secondary N) is 2. The van der Waals surface area contributed by atoms with Gasteiger partial charge in [-0.05, 0) is 19.1 Å². The summed E-state index contributed by atoms with van der Waals surface area (Å²) in [5.74, 6) is -1.50. The second-order valence-electron chi connectivity index (χ2n) is 5.80. The highest BCUT2D eigenvalue weighted by molar-refractivity contribution is 7.90. The molecule has 2 heterocycles. The molecule has 11 heteroatoms. The maximum atomic E-state index is 13.6. The number of H-pyrrole nitrogens is 1. The molecule has 0 aliphatic heterocycles. The summed E-state index contributed by atoms with van der Waals surface area (Å²) < 4.78 is 54.4. The molecule has 3 aromatic rings. The Morgan fingerprint density at radius 1 is 1.35 bits per heavy atom. The number of ether oxygens (including phenoxy) is 1. The number of aromatic amines is 1. The Morgan fingerprint density at radius 2 is 2.12 bits per heavy atom. The van der Waals surface area contributed by atoms with Gasteiger partial charge in [-0.2, -0.15) is 10.1 Å². The standard InChI is InChI=1S/C15H15F2N5O3S/c1-8(7-26(2,23)24)19-13-10-6-18-15(20-14(10)22-21-13)25-12-4-3-9(16)5-11(12)17/h3-6,8H,7H2,1-2H3,(H2,18,19,20,21,22)/t8-/m1/s1. The van der Waals surface area contributed by atoms with Crippen molar-refractivity contribution in [1.29, 1.82) is 0 Å². The maximum absolute atomic E-state index is 13.6. The van der Waals surface area contributed by atoms with Gasteiger partial charge in [0.15, 0.2) is 23.0 Å². The van der Waals surface area contributed by atoms with Crippen LogP contribution in [0.1, 0.15) is 6.92 Å². The first-order valence-corrected chi connectivity index (χ1v) is 9.55. The van der Waals surface area contributed by atoms with Crippen molar-refractivity contribution in [2.45, 2.75) is 13.0 Å². The van der Waals surface area contributed by atoms with E-state index in [1.165, 1.54) is 6.20 Å². The molecule has 1 aromatic carbocycles. The van der Waals surface area contributed by atoms with Gasteiger partial charge in [-0.25, -0.2) is 22.2 Å². The number of benzene rings is 1. The lowest BCUT2D eigenvalue weighted by Gasteiger charge is -2.11. The summed E-state index contributed by atoms with van der Waals surface area (Å²) in [5.41, 5.74) is 0.312. The van der Waals surface area contributed by atoms with E-state index in [0.717, 1.165) is 18.4 Å². The molecule has 0 aliphatic rings. The van der Waals surface area contributed by atoms with Gasteiger partial charge in [-0.1, -0.05) is 0 Å². The Balaban J connectivity index is 1.80. The zero-order valence-corrected chi connectivity index (χ0v) is 14.6. The molecule has 2 N–H and O–H groups in total. The van der Waals surface area contributed by atoms with Gasteiger partial charge in [0.2, 0.25) is 0 Å². The minimum Gasteiger partial charge on any atom is -0.421 e. The fraction of sp³-hybridized carbons (Fsp3) is 0.267. The van der Waals surface area contributed by atoms with Crippen molar-refractivity contribution in [3.8, 4) is 11.8 Å². The largest absolute Gasteiger partial charge is 0.421 e. The van der Waals surface area contributed by atoms with Crippen LogP contribution in [0.15, 0.2) is 24.4 Å². The van der Waals surface area contributed by atoms with Crippen molar-refractivity contribution in [1.82, 2.24) is 20.2 Å². The number of halogens is 2. The lowest BCUT2D eigenvalue weighted by molar-refractivity contribution is 0.409. The van der Waals surface area contributed by atoms with Crippen LogP contribution in [0.5, 0.6) is 11.8 Å². The number of fused-ring (bicyclic) bond motifs is 1. The third-order valence-electron chi connectivity index (χ3n) is 3.33. The average Bonchev–Trinajstić information content (AvgIpc) is 2.90. The van der Waals surface area contributed by atoms with Crippen LogP contribution in [0.2, 0.25) is 0 Å². The van der Waals surface area contributed by atoms with Crippen LogP contribution < -0.4 is 10.1 Å². The van der Waals surface area contributed by atoms with Crippen LogP contribution >= 0.6 is 0 Å². The summed E-state index contributed by atoms with van der Waals surface area (Å²) in [5, 5.41) is 10.2. The lowest BCUT2D eigenvalue weighted by atomic mass is 10.3. The molecule has 2 aromatic heterocycles. The van der Waals surface area contributed by atoms with E-state index in [0.29, 0.717) is 22.9 Å². The number of aromatic nitrogens is 4. The molecule has 8 nitrogen and oxygen atoms in total. The third kappa shape index (κ3) is 4.23. The normalized spacial score (nSPS) is 12.9. The number of rotatable bonds is 6. The van der Waals surface area contributed by atoms with Gasteiger partial charge < -0.3 is 10.1 Å². The van der Waals surface area contributed by atoms with Crippen molar-refractivity contribution < 1.29 is 21.9 Å². The SMILES string of the molecule is C[C@H](CS(C)(=O)=O)Nc1n[nH]c2nc(Oc3ccc(F)cc3F)ncc12. The Labute approximate surface area is 147 Å². The van der Waals surface area contributed by atoms with Gasteiger partial charge in [0.1, 0.15) is 15.7 Å². The molecule has 0 unspecified atom stereocenters. The van der Waals surface area contributed by atoms with Crippen molar-refractivity contribution >= 4 is 26.7 Å². The number of hydrogen-bond donors (Lipinski definition) is 2. The highest BCUT2D eigenvalue weighted by Gasteiger charge is 2.15. The second-order valence-corrected chi connectivity index (χ2v) is 7.99. The van der Waals surface area contributed by atoms with Crippen LogP contribution in [0.3, 0.4) is 0 Å². The third-order valence-corrected chi connectivity index (χ3v) is 4.43. The van der Waals surface area contributed by atoms with Crippen LogP contribution in [0.4, 0.5) is 14.6 Å². The molecule has 26 heavy (non-hydrogen) atoms. The Morgan fingerprint density at radius 3 is 2.81 bits per heavy atom. The van der Waals surface area contributed by atoms with Crippen molar-refractivity contribution in [2.75, 3.05) is 17.3 Å². The minimum absolute atomic E-state index is 0.0623. The molecule has 0 fully saturated rings. The molecule has 1 atom stereocenters. The van der Waals surface area contributed by atoms with Crippen LogP contribution in [0.25, 0.3) is 11.0 Å². The molecule has 0 saturated heterocycles. The molecule has 3 rings (SSSR count). The monoisotopic (exact) mass is 383 g/mol. The van der Waals surface area contributed by atoms with E-state index >= 15 is 0 Å². The van der Waals surface area contributed by atoms with E-state index < -0.39 is 21.5 Å². The Bertz CT molecular complexity index is 1050. The quantitative estimate of drug-likeness (QED) is 0.672. The van der Waals surface area contributed by atoms with E-state index in [9.17, 15) is 17.2 Å². The number of sulfone groups is 1. The molecule has 0 amide bonds. The first kappa shape index (κ1) is 18.0. The fourth-order valence-corrected chi connectivity index (χ4v) is 3.33. The summed E-state index contributed by atoms with van der Waals surface area (Å²) in [6.45, 7) is 1.71.